The highest BCUT2D eigenvalue weighted by Gasteiger charge is 2.41. The Hall–Kier alpha value is -1.30. The van der Waals surface area contributed by atoms with Gasteiger partial charge in [0.05, 0.1) is 24.2 Å². The molecule has 2 heterocycles. The van der Waals surface area contributed by atoms with Crippen LogP contribution in [0.3, 0.4) is 0 Å². The lowest BCUT2D eigenvalue weighted by Gasteiger charge is -2.25. The molecule has 21 heavy (non-hydrogen) atoms. The SMILES string of the molecule is O=C(NC1CC2CCC1O2)NC1CCCCCC1C(=O)O. The molecule has 3 rings (SSSR count). The first-order chi connectivity index (χ1) is 10.1. The summed E-state index contributed by atoms with van der Waals surface area (Å²) in [5.41, 5.74) is 0. The number of ether oxygens (including phenoxy) is 1. The first-order valence-electron chi connectivity index (χ1n) is 8.09. The Balaban J connectivity index is 1.53. The molecule has 3 N–H and O–H groups in total. The molecular weight excluding hydrogens is 272 g/mol. The van der Waals surface area contributed by atoms with Crippen LogP contribution in [-0.2, 0) is 9.53 Å². The van der Waals surface area contributed by atoms with Crippen LogP contribution in [0.5, 0.6) is 0 Å². The highest BCUT2D eigenvalue weighted by molar-refractivity contribution is 5.77. The van der Waals surface area contributed by atoms with E-state index in [4.69, 9.17) is 4.74 Å². The Morgan fingerprint density at radius 3 is 2.38 bits per heavy atom. The van der Waals surface area contributed by atoms with Crippen LogP contribution >= 0.6 is 0 Å². The molecule has 0 radical (unpaired) electrons. The number of hydrogen-bond donors (Lipinski definition) is 3. The maximum absolute atomic E-state index is 12.2. The zero-order valence-electron chi connectivity index (χ0n) is 12.2. The quantitative estimate of drug-likeness (QED) is 0.691. The average molecular weight is 296 g/mol. The van der Waals surface area contributed by atoms with Crippen LogP contribution < -0.4 is 10.6 Å². The molecule has 118 valence electrons. The van der Waals surface area contributed by atoms with Crippen LogP contribution in [0, 0.1) is 5.92 Å². The number of fused-ring (bicyclic) bond motifs is 2. The highest BCUT2D eigenvalue weighted by Crippen LogP contribution is 2.34. The molecule has 5 unspecified atom stereocenters. The molecule has 6 nitrogen and oxygen atoms in total. The van der Waals surface area contributed by atoms with Crippen LogP contribution in [0.4, 0.5) is 4.79 Å². The van der Waals surface area contributed by atoms with Crippen molar-refractivity contribution in [2.75, 3.05) is 0 Å². The van der Waals surface area contributed by atoms with Crippen LogP contribution in [0.15, 0.2) is 0 Å². The summed E-state index contributed by atoms with van der Waals surface area (Å²) < 4.78 is 5.72. The van der Waals surface area contributed by atoms with Crippen molar-refractivity contribution in [3.8, 4) is 0 Å². The number of carboxylic acids is 1. The zero-order valence-corrected chi connectivity index (χ0v) is 12.2. The van der Waals surface area contributed by atoms with E-state index in [9.17, 15) is 14.7 Å². The molecule has 2 amide bonds. The standard InChI is InChI=1S/C15H24N2O4/c18-14(19)10-4-2-1-3-5-11(10)16-15(20)17-12-8-9-6-7-13(12)21-9/h9-13H,1-8H2,(H,18,19)(H2,16,17,20). The number of nitrogens with one attached hydrogen (secondary N) is 2. The topological polar surface area (TPSA) is 87.7 Å². The number of hydrogen-bond acceptors (Lipinski definition) is 3. The van der Waals surface area contributed by atoms with Gasteiger partial charge >= 0.3 is 12.0 Å². The summed E-state index contributed by atoms with van der Waals surface area (Å²) in [5, 5.41) is 15.2. The molecule has 0 aromatic rings. The van der Waals surface area contributed by atoms with E-state index in [1.54, 1.807) is 0 Å². The zero-order chi connectivity index (χ0) is 14.8. The van der Waals surface area contributed by atoms with E-state index in [0.717, 1.165) is 44.9 Å². The molecule has 6 heteroatoms. The van der Waals surface area contributed by atoms with Crippen molar-refractivity contribution in [2.45, 2.75) is 75.7 Å². The van der Waals surface area contributed by atoms with Gasteiger partial charge in [-0.05, 0) is 32.1 Å². The normalized spacial score (nSPS) is 38.8. The molecule has 2 aliphatic heterocycles. The van der Waals surface area contributed by atoms with Crippen LogP contribution in [-0.4, -0.2) is 41.4 Å². The van der Waals surface area contributed by atoms with Crippen molar-refractivity contribution < 1.29 is 19.4 Å². The van der Waals surface area contributed by atoms with E-state index in [1.807, 2.05) is 0 Å². The smallest absolute Gasteiger partial charge is 0.315 e. The molecule has 3 fully saturated rings. The summed E-state index contributed by atoms with van der Waals surface area (Å²) in [7, 11) is 0. The Labute approximate surface area is 124 Å². The second-order valence-corrected chi connectivity index (χ2v) is 6.52. The molecule has 3 aliphatic rings. The summed E-state index contributed by atoms with van der Waals surface area (Å²) in [5.74, 6) is -1.26. The number of carbonyl (C=O) groups is 2. The lowest BCUT2D eigenvalue weighted by atomic mass is 9.94. The lowest BCUT2D eigenvalue weighted by Crippen LogP contribution is -2.51. The molecule has 5 atom stereocenters. The van der Waals surface area contributed by atoms with Crippen molar-refractivity contribution >= 4 is 12.0 Å². The molecule has 1 aliphatic carbocycles. The third kappa shape index (κ3) is 3.31. The molecular formula is C15H24N2O4. The van der Waals surface area contributed by atoms with Gasteiger partial charge in [0.15, 0.2) is 0 Å². The van der Waals surface area contributed by atoms with E-state index < -0.39 is 11.9 Å². The monoisotopic (exact) mass is 296 g/mol. The summed E-state index contributed by atoms with van der Waals surface area (Å²) >= 11 is 0. The fourth-order valence-electron chi connectivity index (χ4n) is 3.94. The fourth-order valence-corrected chi connectivity index (χ4v) is 3.94. The largest absolute Gasteiger partial charge is 0.481 e. The predicted molar refractivity (Wildman–Crippen MR) is 76.0 cm³/mol. The van der Waals surface area contributed by atoms with Gasteiger partial charge in [0.1, 0.15) is 0 Å². The maximum Gasteiger partial charge on any atom is 0.315 e. The molecule has 0 aromatic carbocycles. The molecule has 1 saturated carbocycles. The van der Waals surface area contributed by atoms with Gasteiger partial charge in [0.25, 0.3) is 0 Å². The number of aliphatic carboxylic acids is 1. The summed E-state index contributed by atoms with van der Waals surface area (Å²) in [6.45, 7) is 0. The van der Waals surface area contributed by atoms with Gasteiger partial charge in [-0.15, -0.1) is 0 Å². The summed E-state index contributed by atoms with van der Waals surface area (Å²) in [4.78, 5) is 23.5. The van der Waals surface area contributed by atoms with Gasteiger partial charge in [-0.1, -0.05) is 19.3 Å². The second kappa shape index (κ2) is 6.22. The van der Waals surface area contributed by atoms with Gasteiger partial charge in [0, 0.05) is 6.04 Å². The number of rotatable bonds is 3. The van der Waals surface area contributed by atoms with E-state index in [-0.39, 0.29) is 24.2 Å². The number of carbonyl (C=O) groups excluding carboxylic acids is 1. The third-order valence-electron chi connectivity index (χ3n) is 5.07. The van der Waals surface area contributed by atoms with Crippen molar-refractivity contribution in [2.24, 2.45) is 5.92 Å². The van der Waals surface area contributed by atoms with Crippen molar-refractivity contribution in [1.29, 1.82) is 0 Å². The predicted octanol–water partition coefficient (Wildman–Crippen LogP) is 1.64. The first kappa shape index (κ1) is 14.6. The Kier molecular flexibility index (Phi) is 4.33. The van der Waals surface area contributed by atoms with Gasteiger partial charge in [-0.2, -0.15) is 0 Å². The van der Waals surface area contributed by atoms with Crippen LogP contribution in [0.1, 0.15) is 51.4 Å². The van der Waals surface area contributed by atoms with Gasteiger partial charge < -0.3 is 20.5 Å². The van der Waals surface area contributed by atoms with Gasteiger partial charge in [-0.3, -0.25) is 4.79 Å². The van der Waals surface area contributed by atoms with Gasteiger partial charge in [0.2, 0.25) is 0 Å². The number of carboxylic acid groups (broad SMARTS) is 1. The van der Waals surface area contributed by atoms with Crippen LogP contribution in [0.25, 0.3) is 0 Å². The number of amides is 2. The van der Waals surface area contributed by atoms with Crippen molar-refractivity contribution in [1.82, 2.24) is 10.6 Å². The van der Waals surface area contributed by atoms with E-state index in [0.29, 0.717) is 12.5 Å². The van der Waals surface area contributed by atoms with E-state index >= 15 is 0 Å². The molecule has 0 aromatic heterocycles. The molecule has 2 bridgehead atoms. The number of urea groups is 1. The second-order valence-electron chi connectivity index (χ2n) is 6.52. The summed E-state index contributed by atoms with van der Waals surface area (Å²) in [6, 6.07) is -0.420. The molecule has 2 saturated heterocycles. The Morgan fingerprint density at radius 1 is 0.952 bits per heavy atom. The van der Waals surface area contributed by atoms with Crippen molar-refractivity contribution in [3.05, 3.63) is 0 Å². The highest BCUT2D eigenvalue weighted by atomic mass is 16.5. The fraction of sp³-hybridized carbons (Fsp3) is 0.867. The molecule has 0 spiro atoms. The lowest BCUT2D eigenvalue weighted by molar-refractivity contribution is -0.142. The first-order valence-corrected chi connectivity index (χ1v) is 8.09. The van der Waals surface area contributed by atoms with E-state index in [2.05, 4.69) is 10.6 Å². The minimum Gasteiger partial charge on any atom is -0.481 e. The van der Waals surface area contributed by atoms with Gasteiger partial charge in [-0.25, -0.2) is 4.79 Å². The summed E-state index contributed by atoms with van der Waals surface area (Å²) in [6.07, 6.45) is 7.77. The van der Waals surface area contributed by atoms with Crippen molar-refractivity contribution in [3.63, 3.8) is 0 Å². The third-order valence-corrected chi connectivity index (χ3v) is 5.07. The Morgan fingerprint density at radius 2 is 1.71 bits per heavy atom. The van der Waals surface area contributed by atoms with E-state index in [1.165, 1.54) is 0 Å². The maximum atomic E-state index is 12.2. The Bertz CT molecular complexity index is 414. The minimum absolute atomic E-state index is 0.0813. The van der Waals surface area contributed by atoms with Crippen LogP contribution in [0.2, 0.25) is 0 Å². The minimum atomic E-state index is -0.801. The average Bonchev–Trinajstić information content (AvgIpc) is 2.96.